The second-order valence-corrected chi connectivity index (χ2v) is 3.71. The van der Waals surface area contributed by atoms with E-state index >= 15 is 0 Å². The molecule has 1 heterocycles. The van der Waals surface area contributed by atoms with Gasteiger partial charge in [-0.1, -0.05) is 6.07 Å². The summed E-state index contributed by atoms with van der Waals surface area (Å²) < 4.78 is 0. The molecule has 1 aromatic carbocycles. The Kier molecular flexibility index (Phi) is 2.79. The molecule has 0 bridgehead atoms. The van der Waals surface area contributed by atoms with Gasteiger partial charge in [-0.2, -0.15) is 12.6 Å². The summed E-state index contributed by atoms with van der Waals surface area (Å²) in [6.45, 7) is 0.693. The van der Waals surface area contributed by atoms with Crippen molar-refractivity contribution in [1.29, 1.82) is 0 Å². The molecule has 2 rings (SSSR count). The number of rotatable bonds is 3. The Hall–Kier alpha value is -0.930. The fraction of sp³-hybridized carbons (Fsp3) is 0.273. The van der Waals surface area contributed by atoms with E-state index < -0.39 is 0 Å². The van der Waals surface area contributed by atoms with Crippen LogP contribution in [0.1, 0.15) is 11.1 Å². The van der Waals surface area contributed by atoms with Crippen LogP contribution >= 0.6 is 12.6 Å². The molecule has 3 N–H and O–H groups in total. The van der Waals surface area contributed by atoms with Gasteiger partial charge in [-0.3, -0.25) is 0 Å². The minimum Gasteiger partial charge on any atom is -0.361 e. The van der Waals surface area contributed by atoms with Crippen LogP contribution in [0, 0.1) is 0 Å². The van der Waals surface area contributed by atoms with E-state index in [0.717, 1.165) is 12.2 Å². The predicted octanol–water partition coefficient (Wildman–Crippen LogP) is 2.10. The van der Waals surface area contributed by atoms with Crippen molar-refractivity contribution in [3.63, 3.8) is 0 Å². The van der Waals surface area contributed by atoms with Gasteiger partial charge in [0.2, 0.25) is 0 Å². The number of H-pyrrole nitrogens is 1. The first kappa shape index (κ1) is 9.62. The Labute approximate surface area is 88.9 Å². The van der Waals surface area contributed by atoms with Crippen molar-refractivity contribution in [2.45, 2.75) is 12.2 Å². The largest absolute Gasteiger partial charge is 0.361 e. The van der Waals surface area contributed by atoms with Crippen LogP contribution in [0.25, 0.3) is 10.9 Å². The molecule has 1 aromatic heterocycles. The first-order chi connectivity index (χ1) is 6.85. The summed E-state index contributed by atoms with van der Waals surface area (Å²) in [6.07, 6.45) is 2.97. The molecule has 0 amide bonds. The van der Waals surface area contributed by atoms with E-state index in [1.807, 2.05) is 6.20 Å². The van der Waals surface area contributed by atoms with Crippen LogP contribution < -0.4 is 5.73 Å². The van der Waals surface area contributed by atoms with Crippen molar-refractivity contribution in [2.75, 3.05) is 6.54 Å². The topological polar surface area (TPSA) is 41.8 Å². The van der Waals surface area contributed by atoms with Gasteiger partial charge < -0.3 is 10.7 Å². The van der Waals surface area contributed by atoms with Crippen molar-refractivity contribution >= 4 is 23.5 Å². The van der Waals surface area contributed by atoms with E-state index in [2.05, 4.69) is 35.8 Å². The number of aromatic nitrogens is 1. The van der Waals surface area contributed by atoms with Crippen LogP contribution in [0.2, 0.25) is 0 Å². The molecule has 2 nitrogen and oxygen atoms in total. The normalized spacial score (nSPS) is 11.0. The molecule has 0 saturated carbocycles. The van der Waals surface area contributed by atoms with Crippen molar-refractivity contribution in [3.05, 3.63) is 35.5 Å². The summed E-state index contributed by atoms with van der Waals surface area (Å²) in [7, 11) is 0. The molecule has 14 heavy (non-hydrogen) atoms. The lowest BCUT2D eigenvalue weighted by Crippen LogP contribution is -2.01. The number of thiol groups is 1. The number of hydrogen-bond acceptors (Lipinski definition) is 2. The monoisotopic (exact) mass is 206 g/mol. The first-order valence-corrected chi connectivity index (χ1v) is 5.38. The third-order valence-electron chi connectivity index (χ3n) is 2.43. The number of nitrogens with two attached hydrogens (primary N) is 1. The SMILES string of the molecule is NCCc1c[nH]c2ccc(CS)cc12. The zero-order chi connectivity index (χ0) is 9.97. The van der Waals surface area contributed by atoms with E-state index in [9.17, 15) is 0 Å². The molecule has 0 radical (unpaired) electrons. The zero-order valence-corrected chi connectivity index (χ0v) is 8.85. The lowest BCUT2D eigenvalue weighted by Gasteiger charge is -1.99. The van der Waals surface area contributed by atoms with E-state index in [0.29, 0.717) is 6.54 Å². The third-order valence-corrected chi connectivity index (χ3v) is 2.79. The maximum Gasteiger partial charge on any atom is 0.0457 e. The average Bonchev–Trinajstić information content (AvgIpc) is 2.61. The van der Waals surface area contributed by atoms with Crippen molar-refractivity contribution < 1.29 is 0 Å². The zero-order valence-electron chi connectivity index (χ0n) is 7.96. The highest BCUT2D eigenvalue weighted by Gasteiger charge is 2.02. The second-order valence-electron chi connectivity index (χ2n) is 3.39. The van der Waals surface area contributed by atoms with Gasteiger partial charge in [-0.15, -0.1) is 0 Å². The lowest BCUT2D eigenvalue weighted by atomic mass is 10.1. The highest BCUT2D eigenvalue weighted by Crippen LogP contribution is 2.20. The molecule has 0 atom stereocenters. The van der Waals surface area contributed by atoms with Gasteiger partial charge in [0.1, 0.15) is 0 Å². The smallest absolute Gasteiger partial charge is 0.0457 e. The minimum absolute atomic E-state index is 0.693. The standard InChI is InChI=1S/C11H14N2S/c12-4-3-9-6-13-11-2-1-8(7-14)5-10(9)11/h1-2,5-6,13-14H,3-4,7,12H2. The van der Waals surface area contributed by atoms with Gasteiger partial charge in [0.05, 0.1) is 0 Å². The molecule has 0 aliphatic carbocycles. The summed E-state index contributed by atoms with van der Waals surface area (Å²) in [5.74, 6) is 0.781. The molecule has 0 unspecified atom stereocenters. The Balaban J connectivity index is 2.52. The number of benzene rings is 1. The third kappa shape index (κ3) is 1.65. The summed E-state index contributed by atoms with van der Waals surface area (Å²) in [5, 5.41) is 1.28. The molecule has 2 aromatic rings. The van der Waals surface area contributed by atoms with Gasteiger partial charge in [0, 0.05) is 22.9 Å². The van der Waals surface area contributed by atoms with Gasteiger partial charge in [0.15, 0.2) is 0 Å². The molecule has 0 fully saturated rings. The highest BCUT2D eigenvalue weighted by molar-refractivity contribution is 7.79. The summed E-state index contributed by atoms with van der Waals surface area (Å²) in [6, 6.07) is 6.38. The molecular weight excluding hydrogens is 192 g/mol. The molecule has 0 saturated heterocycles. The average molecular weight is 206 g/mol. The number of hydrogen-bond donors (Lipinski definition) is 3. The summed E-state index contributed by atoms with van der Waals surface area (Å²) in [4.78, 5) is 3.24. The summed E-state index contributed by atoms with van der Waals surface area (Å²) in [5.41, 5.74) is 9.28. The molecular formula is C11H14N2S. The van der Waals surface area contributed by atoms with Gasteiger partial charge in [0.25, 0.3) is 0 Å². The molecule has 3 heteroatoms. The second kappa shape index (κ2) is 4.07. The van der Waals surface area contributed by atoms with Crippen LogP contribution in [0.5, 0.6) is 0 Å². The van der Waals surface area contributed by atoms with E-state index in [4.69, 9.17) is 5.73 Å². The Morgan fingerprint density at radius 2 is 2.21 bits per heavy atom. The Bertz CT molecular complexity index is 434. The van der Waals surface area contributed by atoms with E-state index in [1.165, 1.54) is 22.0 Å². The predicted molar refractivity (Wildman–Crippen MR) is 63.7 cm³/mol. The van der Waals surface area contributed by atoms with Gasteiger partial charge in [-0.25, -0.2) is 0 Å². The van der Waals surface area contributed by atoms with Gasteiger partial charge >= 0.3 is 0 Å². The van der Waals surface area contributed by atoms with Crippen molar-refractivity contribution in [1.82, 2.24) is 4.98 Å². The molecule has 0 aliphatic rings. The maximum absolute atomic E-state index is 5.55. The highest BCUT2D eigenvalue weighted by atomic mass is 32.1. The number of aromatic amines is 1. The van der Waals surface area contributed by atoms with Crippen LogP contribution in [0.15, 0.2) is 24.4 Å². The van der Waals surface area contributed by atoms with Crippen LogP contribution in [-0.4, -0.2) is 11.5 Å². The molecule has 0 spiro atoms. The van der Waals surface area contributed by atoms with Crippen LogP contribution in [0.4, 0.5) is 0 Å². The fourth-order valence-corrected chi connectivity index (χ4v) is 1.88. The quantitative estimate of drug-likeness (QED) is 0.661. The Morgan fingerprint density at radius 1 is 1.36 bits per heavy atom. The van der Waals surface area contributed by atoms with Crippen LogP contribution in [0.3, 0.4) is 0 Å². The Morgan fingerprint density at radius 3 is 2.93 bits per heavy atom. The lowest BCUT2D eigenvalue weighted by molar-refractivity contribution is 0.976. The summed E-state index contributed by atoms with van der Waals surface area (Å²) >= 11 is 4.27. The number of nitrogens with one attached hydrogen (secondary N) is 1. The minimum atomic E-state index is 0.693. The van der Waals surface area contributed by atoms with Crippen molar-refractivity contribution in [3.8, 4) is 0 Å². The van der Waals surface area contributed by atoms with Crippen LogP contribution in [-0.2, 0) is 12.2 Å². The first-order valence-electron chi connectivity index (χ1n) is 4.75. The molecule has 74 valence electrons. The van der Waals surface area contributed by atoms with Gasteiger partial charge in [-0.05, 0) is 36.2 Å². The molecule has 0 aliphatic heterocycles. The van der Waals surface area contributed by atoms with E-state index in [1.54, 1.807) is 0 Å². The maximum atomic E-state index is 5.55. The van der Waals surface area contributed by atoms with Crippen molar-refractivity contribution in [2.24, 2.45) is 5.73 Å². The number of fused-ring (bicyclic) bond motifs is 1. The van der Waals surface area contributed by atoms with E-state index in [-0.39, 0.29) is 0 Å². The fourth-order valence-electron chi connectivity index (χ4n) is 1.69.